The van der Waals surface area contributed by atoms with Gasteiger partial charge in [-0.3, -0.25) is 4.79 Å². The molecule has 4 aromatic rings. The normalized spacial score (nSPS) is 11.0. The highest BCUT2D eigenvalue weighted by Gasteiger charge is 2.11. The van der Waals surface area contributed by atoms with Gasteiger partial charge in [0.2, 0.25) is 5.91 Å². The van der Waals surface area contributed by atoms with Gasteiger partial charge in [0.1, 0.15) is 11.6 Å². The van der Waals surface area contributed by atoms with Crippen LogP contribution in [-0.4, -0.2) is 28.6 Å². The van der Waals surface area contributed by atoms with Crippen LogP contribution in [0.15, 0.2) is 72.8 Å². The molecule has 1 aromatic heterocycles. The van der Waals surface area contributed by atoms with Crippen LogP contribution in [0.5, 0.6) is 5.75 Å². The van der Waals surface area contributed by atoms with Crippen LogP contribution < -0.4 is 10.1 Å². The predicted octanol–water partition coefficient (Wildman–Crippen LogP) is 5.02. The molecule has 0 bridgehead atoms. The number of imidazole rings is 1. The SMILES string of the molecule is Cc1cc(C)cc(OCCCn2c(CCNC(=O)Cc3ccccc3)nc3ccccc32)c1. The summed E-state index contributed by atoms with van der Waals surface area (Å²) in [4.78, 5) is 17.1. The Morgan fingerprint density at radius 1 is 0.970 bits per heavy atom. The molecule has 5 nitrogen and oxygen atoms in total. The Labute approximate surface area is 195 Å². The standard InChI is InChI=1S/C28H31N3O2/c1-21-17-22(2)19-24(18-21)33-16-8-15-31-26-12-7-6-11-25(26)30-27(31)13-14-29-28(32)20-23-9-4-3-5-10-23/h3-7,9-12,17-19H,8,13-16,20H2,1-2H3,(H,29,32). The zero-order valence-corrected chi connectivity index (χ0v) is 19.4. The van der Waals surface area contributed by atoms with Gasteiger partial charge in [0, 0.05) is 19.5 Å². The predicted molar refractivity (Wildman–Crippen MR) is 133 cm³/mol. The second-order valence-electron chi connectivity index (χ2n) is 8.46. The summed E-state index contributed by atoms with van der Waals surface area (Å²) in [6, 6.07) is 24.3. The van der Waals surface area contributed by atoms with Crippen molar-refractivity contribution < 1.29 is 9.53 Å². The van der Waals surface area contributed by atoms with Gasteiger partial charge in [0.25, 0.3) is 0 Å². The van der Waals surface area contributed by atoms with Crippen molar-refractivity contribution in [2.75, 3.05) is 13.2 Å². The van der Waals surface area contributed by atoms with Crippen LogP contribution in [-0.2, 0) is 24.2 Å². The van der Waals surface area contributed by atoms with E-state index < -0.39 is 0 Å². The van der Waals surface area contributed by atoms with E-state index in [1.807, 2.05) is 48.5 Å². The minimum atomic E-state index is 0.0331. The van der Waals surface area contributed by atoms with E-state index in [4.69, 9.17) is 9.72 Å². The lowest BCUT2D eigenvalue weighted by Crippen LogP contribution is -2.28. The molecule has 0 saturated heterocycles. The molecule has 0 aliphatic rings. The van der Waals surface area contributed by atoms with Gasteiger partial charge in [-0.25, -0.2) is 4.98 Å². The maximum Gasteiger partial charge on any atom is 0.224 e. The molecule has 1 heterocycles. The molecule has 3 aromatic carbocycles. The lowest BCUT2D eigenvalue weighted by molar-refractivity contribution is -0.120. The van der Waals surface area contributed by atoms with Crippen molar-refractivity contribution in [1.82, 2.24) is 14.9 Å². The minimum absolute atomic E-state index is 0.0331. The number of aromatic nitrogens is 2. The van der Waals surface area contributed by atoms with Gasteiger partial charge in [-0.05, 0) is 61.2 Å². The first-order valence-corrected chi connectivity index (χ1v) is 11.5. The van der Waals surface area contributed by atoms with Gasteiger partial charge in [-0.15, -0.1) is 0 Å². The number of nitrogens with zero attached hydrogens (tertiary/aromatic N) is 2. The van der Waals surface area contributed by atoms with E-state index in [2.05, 4.69) is 48.0 Å². The van der Waals surface area contributed by atoms with Crippen molar-refractivity contribution in [3.05, 3.63) is 95.3 Å². The molecular weight excluding hydrogens is 410 g/mol. The fraction of sp³-hybridized carbons (Fsp3) is 0.286. The maximum absolute atomic E-state index is 12.3. The number of carbonyl (C=O) groups is 1. The molecule has 0 aliphatic carbocycles. The summed E-state index contributed by atoms with van der Waals surface area (Å²) in [5, 5.41) is 3.03. The Morgan fingerprint density at radius 3 is 2.48 bits per heavy atom. The molecule has 0 unspecified atom stereocenters. The highest BCUT2D eigenvalue weighted by molar-refractivity contribution is 5.78. The number of para-hydroxylation sites is 2. The zero-order valence-electron chi connectivity index (χ0n) is 19.4. The molecular formula is C28H31N3O2. The Balaban J connectivity index is 1.34. The van der Waals surface area contributed by atoms with Crippen molar-refractivity contribution in [2.24, 2.45) is 0 Å². The lowest BCUT2D eigenvalue weighted by atomic mass is 10.1. The number of benzene rings is 3. The lowest BCUT2D eigenvalue weighted by Gasteiger charge is -2.12. The van der Waals surface area contributed by atoms with E-state index >= 15 is 0 Å². The Bertz CT molecular complexity index is 1190. The highest BCUT2D eigenvalue weighted by atomic mass is 16.5. The Morgan fingerprint density at radius 2 is 1.70 bits per heavy atom. The van der Waals surface area contributed by atoms with Crippen molar-refractivity contribution in [1.29, 1.82) is 0 Å². The van der Waals surface area contributed by atoms with E-state index in [0.29, 0.717) is 26.0 Å². The summed E-state index contributed by atoms with van der Waals surface area (Å²) in [7, 11) is 0. The summed E-state index contributed by atoms with van der Waals surface area (Å²) in [5.41, 5.74) is 5.54. The molecule has 0 fully saturated rings. The second kappa shape index (κ2) is 10.8. The molecule has 0 spiro atoms. The number of aryl methyl sites for hydroxylation is 3. The number of nitrogens with one attached hydrogen (secondary N) is 1. The summed E-state index contributed by atoms with van der Waals surface area (Å²) in [5.74, 6) is 1.94. The minimum Gasteiger partial charge on any atom is -0.494 e. The fourth-order valence-electron chi connectivity index (χ4n) is 4.15. The number of fused-ring (bicyclic) bond motifs is 1. The monoisotopic (exact) mass is 441 g/mol. The summed E-state index contributed by atoms with van der Waals surface area (Å²) in [6.07, 6.45) is 1.96. The van der Waals surface area contributed by atoms with E-state index in [1.165, 1.54) is 11.1 Å². The summed E-state index contributed by atoms with van der Waals surface area (Å²) < 4.78 is 8.25. The molecule has 1 N–H and O–H groups in total. The van der Waals surface area contributed by atoms with Crippen LogP contribution in [0.2, 0.25) is 0 Å². The molecule has 4 rings (SSSR count). The van der Waals surface area contributed by atoms with Crippen LogP contribution in [0.1, 0.15) is 28.9 Å². The Kier molecular flexibility index (Phi) is 7.40. The third-order valence-electron chi connectivity index (χ3n) is 5.60. The van der Waals surface area contributed by atoms with E-state index in [9.17, 15) is 4.79 Å². The van der Waals surface area contributed by atoms with Crippen molar-refractivity contribution in [2.45, 2.75) is 39.7 Å². The number of rotatable bonds is 10. The van der Waals surface area contributed by atoms with Gasteiger partial charge < -0.3 is 14.6 Å². The van der Waals surface area contributed by atoms with E-state index in [1.54, 1.807) is 0 Å². The summed E-state index contributed by atoms with van der Waals surface area (Å²) in [6.45, 7) is 6.19. The molecule has 0 radical (unpaired) electrons. The number of ether oxygens (including phenoxy) is 1. The average molecular weight is 442 g/mol. The van der Waals surface area contributed by atoms with Crippen molar-refractivity contribution in [3.63, 3.8) is 0 Å². The van der Waals surface area contributed by atoms with Crippen LogP contribution in [0.4, 0.5) is 0 Å². The smallest absolute Gasteiger partial charge is 0.224 e. The van der Waals surface area contributed by atoms with Gasteiger partial charge in [0.05, 0.1) is 24.1 Å². The average Bonchev–Trinajstić information content (AvgIpc) is 3.14. The second-order valence-corrected chi connectivity index (χ2v) is 8.46. The zero-order chi connectivity index (χ0) is 23.0. The number of carbonyl (C=O) groups excluding carboxylic acids is 1. The van der Waals surface area contributed by atoms with Crippen LogP contribution in [0, 0.1) is 13.8 Å². The maximum atomic E-state index is 12.3. The molecule has 0 saturated carbocycles. The van der Waals surface area contributed by atoms with Gasteiger partial charge in [-0.2, -0.15) is 0 Å². The van der Waals surface area contributed by atoms with Gasteiger partial charge in [-0.1, -0.05) is 48.5 Å². The molecule has 0 atom stereocenters. The molecule has 170 valence electrons. The highest BCUT2D eigenvalue weighted by Crippen LogP contribution is 2.19. The first-order valence-electron chi connectivity index (χ1n) is 11.5. The third-order valence-corrected chi connectivity index (χ3v) is 5.60. The number of hydrogen-bond donors (Lipinski definition) is 1. The topological polar surface area (TPSA) is 56.1 Å². The quantitative estimate of drug-likeness (QED) is 0.352. The first-order chi connectivity index (χ1) is 16.1. The van der Waals surface area contributed by atoms with Crippen LogP contribution in [0.3, 0.4) is 0 Å². The van der Waals surface area contributed by atoms with E-state index in [-0.39, 0.29) is 5.91 Å². The Hall–Kier alpha value is -3.60. The third kappa shape index (κ3) is 6.22. The van der Waals surface area contributed by atoms with Crippen LogP contribution >= 0.6 is 0 Å². The summed E-state index contributed by atoms with van der Waals surface area (Å²) >= 11 is 0. The van der Waals surface area contributed by atoms with Gasteiger partial charge in [0.15, 0.2) is 0 Å². The molecule has 1 amide bonds. The van der Waals surface area contributed by atoms with Crippen LogP contribution in [0.25, 0.3) is 11.0 Å². The fourth-order valence-corrected chi connectivity index (χ4v) is 4.15. The van der Waals surface area contributed by atoms with Crippen molar-refractivity contribution >= 4 is 16.9 Å². The van der Waals surface area contributed by atoms with Crippen molar-refractivity contribution in [3.8, 4) is 5.75 Å². The molecule has 33 heavy (non-hydrogen) atoms. The van der Waals surface area contributed by atoms with Gasteiger partial charge >= 0.3 is 0 Å². The first kappa shape index (κ1) is 22.6. The number of amides is 1. The largest absolute Gasteiger partial charge is 0.494 e. The number of hydrogen-bond acceptors (Lipinski definition) is 3. The molecule has 5 heteroatoms. The van der Waals surface area contributed by atoms with E-state index in [0.717, 1.165) is 41.1 Å². The molecule has 0 aliphatic heterocycles.